The summed E-state index contributed by atoms with van der Waals surface area (Å²) in [6.45, 7) is 10.2. The molecule has 0 aliphatic heterocycles. The molecular weight excluding hydrogens is 376 g/mol. The minimum Gasteiger partial charge on any atom is -0.484 e. The first-order valence-corrected chi connectivity index (χ1v) is 10.7. The third-order valence-corrected chi connectivity index (χ3v) is 5.42. The van der Waals surface area contributed by atoms with Crippen molar-refractivity contribution in [1.82, 2.24) is 10.2 Å². The number of nitrogens with one attached hydrogen (secondary N) is 1. The fourth-order valence-corrected chi connectivity index (χ4v) is 3.17. The highest BCUT2D eigenvalue weighted by Gasteiger charge is 2.29. The van der Waals surface area contributed by atoms with Gasteiger partial charge < -0.3 is 15.0 Å². The maximum Gasteiger partial charge on any atom is 0.261 e. The van der Waals surface area contributed by atoms with Crippen LogP contribution in [-0.4, -0.2) is 35.4 Å². The Labute approximate surface area is 180 Å². The molecule has 0 radical (unpaired) electrons. The molecule has 1 N–H and O–H groups in total. The van der Waals surface area contributed by atoms with Crippen molar-refractivity contribution in [1.29, 1.82) is 0 Å². The van der Waals surface area contributed by atoms with Gasteiger partial charge in [0, 0.05) is 12.6 Å². The number of rotatable bonds is 10. The predicted molar refractivity (Wildman–Crippen MR) is 120 cm³/mol. The molecule has 0 aliphatic rings. The highest BCUT2D eigenvalue weighted by atomic mass is 16.5. The van der Waals surface area contributed by atoms with Gasteiger partial charge in [-0.05, 0) is 62.4 Å². The van der Waals surface area contributed by atoms with Crippen molar-refractivity contribution in [2.24, 2.45) is 0 Å². The number of carbonyl (C=O) groups excluding carboxylic acids is 2. The van der Waals surface area contributed by atoms with Gasteiger partial charge in [-0.25, -0.2) is 0 Å². The summed E-state index contributed by atoms with van der Waals surface area (Å²) in [5, 5.41) is 3.02. The first kappa shape index (κ1) is 23.5. The molecular formula is C25H34N2O3. The van der Waals surface area contributed by atoms with Gasteiger partial charge in [0.2, 0.25) is 5.91 Å². The molecule has 5 nitrogen and oxygen atoms in total. The van der Waals surface area contributed by atoms with Crippen LogP contribution in [0.4, 0.5) is 0 Å². The summed E-state index contributed by atoms with van der Waals surface area (Å²) in [7, 11) is 0. The Hall–Kier alpha value is -2.82. The summed E-state index contributed by atoms with van der Waals surface area (Å²) in [6.07, 6.45) is 1.37. The lowest BCUT2D eigenvalue weighted by molar-refractivity contribution is -0.143. The Morgan fingerprint density at radius 2 is 1.70 bits per heavy atom. The van der Waals surface area contributed by atoms with Gasteiger partial charge in [-0.15, -0.1) is 0 Å². The first-order valence-electron chi connectivity index (χ1n) is 10.7. The largest absolute Gasteiger partial charge is 0.484 e. The summed E-state index contributed by atoms with van der Waals surface area (Å²) in [4.78, 5) is 27.7. The number of nitrogens with zero attached hydrogens (tertiary/aromatic N) is 1. The van der Waals surface area contributed by atoms with Gasteiger partial charge >= 0.3 is 0 Å². The van der Waals surface area contributed by atoms with Gasteiger partial charge in [-0.3, -0.25) is 9.59 Å². The summed E-state index contributed by atoms with van der Waals surface area (Å²) >= 11 is 0. The maximum absolute atomic E-state index is 13.2. The van der Waals surface area contributed by atoms with Crippen LogP contribution in [0.2, 0.25) is 0 Å². The lowest BCUT2D eigenvalue weighted by Gasteiger charge is -2.31. The van der Waals surface area contributed by atoms with Crippen molar-refractivity contribution in [3.8, 4) is 5.75 Å². The molecule has 0 aromatic heterocycles. The van der Waals surface area contributed by atoms with E-state index in [1.807, 2.05) is 83.1 Å². The van der Waals surface area contributed by atoms with E-state index in [0.29, 0.717) is 18.7 Å². The van der Waals surface area contributed by atoms with Crippen molar-refractivity contribution in [3.05, 3.63) is 65.2 Å². The van der Waals surface area contributed by atoms with Crippen LogP contribution < -0.4 is 10.1 Å². The first-order chi connectivity index (χ1) is 14.3. The van der Waals surface area contributed by atoms with Gasteiger partial charge in [0.15, 0.2) is 6.61 Å². The fraction of sp³-hybridized carbons (Fsp3) is 0.440. The summed E-state index contributed by atoms with van der Waals surface area (Å²) in [5.41, 5.74) is 3.26. The molecule has 0 saturated carbocycles. The van der Waals surface area contributed by atoms with Gasteiger partial charge in [-0.1, -0.05) is 50.2 Å². The quantitative estimate of drug-likeness (QED) is 0.631. The number of ether oxygens (including phenoxy) is 1. The Kier molecular flexibility index (Phi) is 8.90. The highest BCUT2D eigenvalue weighted by Crippen LogP contribution is 2.18. The zero-order valence-electron chi connectivity index (χ0n) is 18.8. The van der Waals surface area contributed by atoms with Crippen molar-refractivity contribution in [2.45, 2.75) is 66.1 Å². The zero-order valence-corrected chi connectivity index (χ0v) is 18.8. The molecule has 2 amide bonds. The van der Waals surface area contributed by atoms with Crippen LogP contribution in [0.3, 0.4) is 0 Å². The molecule has 0 bridgehead atoms. The number of hydrogen-bond donors (Lipinski definition) is 1. The number of hydrogen-bond acceptors (Lipinski definition) is 3. The minimum atomic E-state index is -0.546. The Morgan fingerprint density at radius 1 is 1.00 bits per heavy atom. The summed E-state index contributed by atoms with van der Waals surface area (Å²) in [5.74, 6) is 0.328. The van der Waals surface area contributed by atoms with E-state index in [2.05, 4.69) is 5.32 Å². The van der Waals surface area contributed by atoms with Gasteiger partial charge in [-0.2, -0.15) is 0 Å². The van der Waals surface area contributed by atoms with E-state index in [0.717, 1.165) is 17.5 Å². The Morgan fingerprint density at radius 3 is 2.30 bits per heavy atom. The molecule has 0 heterocycles. The molecule has 2 unspecified atom stereocenters. The molecule has 5 heteroatoms. The van der Waals surface area contributed by atoms with E-state index in [4.69, 9.17) is 4.74 Å². The van der Waals surface area contributed by atoms with Gasteiger partial charge in [0.05, 0.1) is 0 Å². The third-order valence-electron chi connectivity index (χ3n) is 5.42. The third kappa shape index (κ3) is 6.61. The molecule has 30 heavy (non-hydrogen) atoms. The number of carbonyl (C=O) groups is 2. The zero-order chi connectivity index (χ0) is 22.1. The SMILES string of the molecule is CCC(C)NC(=O)C(CC)N(Cc1ccccc1)C(=O)COc1ccc(C)c(C)c1. The van der Waals surface area contributed by atoms with E-state index in [1.54, 1.807) is 4.90 Å². The topological polar surface area (TPSA) is 58.6 Å². The number of benzene rings is 2. The lowest BCUT2D eigenvalue weighted by Crippen LogP contribution is -2.51. The Bertz CT molecular complexity index is 836. The molecule has 2 aromatic carbocycles. The molecule has 0 spiro atoms. The monoisotopic (exact) mass is 410 g/mol. The maximum atomic E-state index is 13.2. The van der Waals surface area contributed by atoms with E-state index < -0.39 is 6.04 Å². The second-order valence-electron chi connectivity index (χ2n) is 7.78. The second kappa shape index (κ2) is 11.4. The summed E-state index contributed by atoms with van der Waals surface area (Å²) in [6, 6.07) is 15.0. The average Bonchev–Trinajstić information content (AvgIpc) is 2.74. The van der Waals surface area contributed by atoms with E-state index in [1.165, 1.54) is 5.56 Å². The summed E-state index contributed by atoms with van der Waals surface area (Å²) < 4.78 is 5.78. The van der Waals surface area contributed by atoms with Crippen molar-refractivity contribution in [2.75, 3.05) is 6.61 Å². The molecule has 0 saturated heterocycles. The Balaban J connectivity index is 2.18. The minimum absolute atomic E-state index is 0.0620. The smallest absolute Gasteiger partial charge is 0.261 e. The molecule has 0 fully saturated rings. The van der Waals surface area contributed by atoms with E-state index in [-0.39, 0.29) is 24.5 Å². The highest BCUT2D eigenvalue weighted by molar-refractivity contribution is 5.88. The lowest BCUT2D eigenvalue weighted by atomic mass is 10.1. The van der Waals surface area contributed by atoms with Crippen LogP contribution in [0.25, 0.3) is 0 Å². The predicted octanol–water partition coefficient (Wildman–Crippen LogP) is 4.40. The van der Waals surface area contributed by atoms with Crippen LogP contribution in [-0.2, 0) is 16.1 Å². The molecule has 162 valence electrons. The number of aryl methyl sites for hydroxylation is 2. The molecule has 2 rings (SSSR count). The van der Waals surface area contributed by atoms with Crippen molar-refractivity contribution in [3.63, 3.8) is 0 Å². The van der Waals surface area contributed by atoms with Crippen LogP contribution in [0.1, 0.15) is 50.3 Å². The van der Waals surface area contributed by atoms with Crippen molar-refractivity contribution < 1.29 is 14.3 Å². The van der Waals surface area contributed by atoms with E-state index >= 15 is 0 Å². The van der Waals surface area contributed by atoms with Crippen LogP contribution >= 0.6 is 0 Å². The van der Waals surface area contributed by atoms with Crippen LogP contribution in [0.5, 0.6) is 5.75 Å². The molecule has 2 atom stereocenters. The fourth-order valence-electron chi connectivity index (χ4n) is 3.17. The van der Waals surface area contributed by atoms with Gasteiger partial charge in [0.1, 0.15) is 11.8 Å². The van der Waals surface area contributed by atoms with Gasteiger partial charge in [0.25, 0.3) is 5.91 Å². The molecule has 0 aliphatic carbocycles. The van der Waals surface area contributed by atoms with Crippen LogP contribution in [0, 0.1) is 13.8 Å². The normalized spacial score (nSPS) is 12.7. The number of amides is 2. The van der Waals surface area contributed by atoms with Crippen molar-refractivity contribution >= 4 is 11.8 Å². The van der Waals surface area contributed by atoms with Crippen LogP contribution in [0.15, 0.2) is 48.5 Å². The van der Waals surface area contributed by atoms with E-state index in [9.17, 15) is 9.59 Å². The molecule has 2 aromatic rings. The second-order valence-corrected chi connectivity index (χ2v) is 7.78. The standard InChI is InChI=1S/C25H34N2O3/c1-6-20(5)26-25(29)23(7-2)27(16-21-11-9-8-10-12-21)24(28)17-30-22-14-13-18(3)19(4)15-22/h8-15,20,23H,6-7,16-17H2,1-5H3,(H,26,29). The average molecular weight is 411 g/mol.